The molecule has 0 rings (SSSR count). The molecule has 0 amide bonds. The Morgan fingerprint density at radius 1 is 1.14 bits per heavy atom. The molecule has 0 spiro atoms. The van der Waals surface area contributed by atoms with Gasteiger partial charge < -0.3 is 10.1 Å². The highest BCUT2D eigenvalue weighted by atomic mass is 16.5. The molecule has 0 radical (unpaired) electrons. The summed E-state index contributed by atoms with van der Waals surface area (Å²) in [7, 11) is 2.04. The van der Waals surface area contributed by atoms with Gasteiger partial charge in [0.05, 0.1) is 6.10 Å². The molecule has 2 nitrogen and oxygen atoms in total. The van der Waals surface area contributed by atoms with E-state index < -0.39 is 0 Å². The molecule has 0 aromatic carbocycles. The molecule has 3 atom stereocenters. The second kappa shape index (κ2) is 8.25. The highest BCUT2D eigenvalue weighted by molar-refractivity contribution is 4.76. The van der Waals surface area contributed by atoms with Crippen LogP contribution >= 0.6 is 0 Å². The molecule has 0 aliphatic rings. The Kier molecular flexibility index (Phi) is 8.20. The van der Waals surface area contributed by atoms with Crippen molar-refractivity contribution in [2.45, 2.75) is 59.1 Å². The van der Waals surface area contributed by atoms with Crippen LogP contribution < -0.4 is 5.32 Å². The fraction of sp³-hybridized carbons (Fsp3) is 1.00. The number of hydrogen-bond donors (Lipinski definition) is 1. The van der Waals surface area contributed by atoms with Crippen LogP contribution in [0.3, 0.4) is 0 Å². The average Bonchev–Trinajstić information content (AvgIpc) is 2.22. The molecule has 1 N–H and O–H groups in total. The fourth-order valence-corrected chi connectivity index (χ4v) is 1.79. The van der Waals surface area contributed by atoms with E-state index >= 15 is 0 Å². The summed E-state index contributed by atoms with van der Waals surface area (Å²) in [5, 5.41) is 3.38. The molecule has 3 unspecified atom stereocenters. The van der Waals surface area contributed by atoms with Crippen molar-refractivity contribution < 1.29 is 4.74 Å². The van der Waals surface area contributed by atoms with Gasteiger partial charge in [-0.1, -0.05) is 27.2 Å². The standard InChI is InChI=1S/C12H27NO/c1-6-10(4)9-11(13-5)12(7-2)14-8-3/h10-13H,6-9H2,1-5H3. The van der Waals surface area contributed by atoms with Crippen LogP contribution in [0, 0.1) is 5.92 Å². The zero-order valence-corrected chi connectivity index (χ0v) is 10.5. The van der Waals surface area contributed by atoms with E-state index in [0.717, 1.165) is 18.9 Å². The molecule has 0 fully saturated rings. The van der Waals surface area contributed by atoms with Crippen LogP contribution in [0.5, 0.6) is 0 Å². The van der Waals surface area contributed by atoms with Crippen LogP contribution in [0.25, 0.3) is 0 Å². The van der Waals surface area contributed by atoms with Crippen molar-refractivity contribution in [1.82, 2.24) is 5.32 Å². The molecular weight excluding hydrogens is 174 g/mol. The molecule has 2 heteroatoms. The average molecular weight is 201 g/mol. The maximum atomic E-state index is 5.73. The maximum absolute atomic E-state index is 5.73. The summed E-state index contributed by atoms with van der Waals surface area (Å²) >= 11 is 0. The monoisotopic (exact) mass is 201 g/mol. The first-order valence-corrected chi connectivity index (χ1v) is 5.98. The van der Waals surface area contributed by atoms with Gasteiger partial charge in [0.2, 0.25) is 0 Å². The SMILES string of the molecule is CCOC(CC)C(CC(C)CC)NC. The van der Waals surface area contributed by atoms with Gasteiger partial charge in [-0.3, -0.25) is 0 Å². The van der Waals surface area contributed by atoms with E-state index in [4.69, 9.17) is 4.74 Å². The lowest BCUT2D eigenvalue weighted by atomic mass is 9.95. The van der Waals surface area contributed by atoms with Gasteiger partial charge in [0.15, 0.2) is 0 Å². The Morgan fingerprint density at radius 2 is 1.79 bits per heavy atom. The summed E-state index contributed by atoms with van der Waals surface area (Å²) in [6, 6.07) is 0.509. The van der Waals surface area contributed by atoms with E-state index in [1.807, 2.05) is 7.05 Å². The third-order valence-electron chi connectivity index (χ3n) is 2.96. The van der Waals surface area contributed by atoms with E-state index in [-0.39, 0.29) is 0 Å². The van der Waals surface area contributed by atoms with Crippen molar-refractivity contribution in [3.63, 3.8) is 0 Å². The number of ether oxygens (including phenoxy) is 1. The van der Waals surface area contributed by atoms with Gasteiger partial charge >= 0.3 is 0 Å². The largest absolute Gasteiger partial charge is 0.377 e. The number of hydrogen-bond acceptors (Lipinski definition) is 2. The van der Waals surface area contributed by atoms with Gasteiger partial charge in [0.1, 0.15) is 0 Å². The predicted molar refractivity (Wildman–Crippen MR) is 62.6 cm³/mol. The van der Waals surface area contributed by atoms with E-state index in [2.05, 4.69) is 33.0 Å². The third kappa shape index (κ3) is 4.97. The first-order chi connectivity index (χ1) is 6.69. The molecule has 14 heavy (non-hydrogen) atoms. The Hall–Kier alpha value is -0.0800. The number of likely N-dealkylation sites (N-methyl/N-ethyl adjacent to an activating group) is 1. The molecule has 0 saturated carbocycles. The Balaban J connectivity index is 4.06. The van der Waals surface area contributed by atoms with Gasteiger partial charge in [-0.05, 0) is 32.7 Å². The lowest BCUT2D eigenvalue weighted by Gasteiger charge is -2.27. The quantitative estimate of drug-likeness (QED) is 0.652. The van der Waals surface area contributed by atoms with E-state index in [1.54, 1.807) is 0 Å². The van der Waals surface area contributed by atoms with Crippen LogP contribution in [-0.2, 0) is 4.74 Å². The second-order valence-corrected chi connectivity index (χ2v) is 4.05. The normalized spacial score (nSPS) is 17.8. The first-order valence-electron chi connectivity index (χ1n) is 5.98. The van der Waals surface area contributed by atoms with Crippen LogP contribution in [0.4, 0.5) is 0 Å². The Morgan fingerprint density at radius 3 is 2.14 bits per heavy atom. The Labute approximate surface area is 89.4 Å². The molecule has 0 aromatic heterocycles. The highest BCUT2D eigenvalue weighted by Gasteiger charge is 2.20. The second-order valence-electron chi connectivity index (χ2n) is 4.05. The smallest absolute Gasteiger partial charge is 0.0725 e. The number of rotatable bonds is 8. The predicted octanol–water partition coefficient (Wildman–Crippen LogP) is 2.83. The van der Waals surface area contributed by atoms with Crippen LogP contribution in [0.2, 0.25) is 0 Å². The molecule has 0 heterocycles. The van der Waals surface area contributed by atoms with E-state index in [1.165, 1.54) is 12.8 Å². The van der Waals surface area contributed by atoms with E-state index in [0.29, 0.717) is 12.1 Å². The van der Waals surface area contributed by atoms with Crippen LogP contribution in [-0.4, -0.2) is 25.8 Å². The van der Waals surface area contributed by atoms with Gasteiger partial charge in [-0.25, -0.2) is 0 Å². The molecule has 86 valence electrons. The molecule has 0 aliphatic heterocycles. The van der Waals surface area contributed by atoms with Crippen LogP contribution in [0.1, 0.15) is 47.0 Å². The summed E-state index contributed by atoms with van der Waals surface area (Å²) in [6.45, 7) is 9.64. The first kappa shape index (κ1) is 13.9. The van der Waals surface area contributed by atoms with Crippen molar-refractivity contribution in [3.8, 4) is 0 Å². The summed E-state index contributed by atoms with van der Waals surface area (Å²) in [5.41, 5.74) is 0. The van der Waals surface area contributed by atoms with Crippen molar-refractivity contribution in [3.05, 3.63) is 0 Å². The van der Waals surface area contributed by atoms with Gasteiger partial charge in [0.25, 0.3) is 0 Å². The van der Waals surface area contributed by atoms with Crippen molar-refractivity contribution in [2.24, 2.45) is 5.92 Å². The van der Waals surface area contributed by atoms with Crippen molar-refractivity contribution in [2.75, 3.05) is 13.7 Å². The van der Waals surface area contributed by atoms with Crippen LogP contribution in [0.15, 0.2) is 0 Å². The minimum atomic E-state index is 0.374. The van der Waals surface area contributed by atoms with Gasteiger partial charge in [-0.15, -0.1) is 0 Å². The van der Waals surface area contributed by atoms with E-state index in [9.17, 15) is 0 Å². The highest BCUT2D eigenvalue weighted by Crippen LogP contribution is 2.15. The third-order valence-corrected chi connectivity index (χ3v) is 2.96. The lowest BCUT2D eigenvalue weighted by Crippen LogP contribution is -2.40. The summed E-state index contributed by atoms with van der Waals surface area (Å²) in [6.07, 6.45) is 3.93. The topological polar surface area (TPSA) is 21.3 Å². The molecular formula is C12H27NO. The zero-order chi connectivity index (χ0) is 11.0. The fourth-order valence-electron chi connectivity index (χ4n) is 1.79. The lowest BCUT2D eigenvalue weighted by molar-refractivity contribution is 0.0278. The summed E-state index contributed by atoms with van der Waals surface area (Å²) in [4.78, 5) is 0. The minimum Gasteiger partial charge on any atom is -0.377 e. The summed E-state index contributed by atoms with van der Waals surface area (Å²) < 4.78 is 5.73. The molecule has 0 saturated heterocycles. The molecule has 0 bridgehead atoms. The van der Waals surface area contributed by atoms with Crippen molar-refractivity contribution in [1.29, 1.82) is 0 Å². The minimum absolute atomic E-state index is 0.374. The summed E-state index contributed by atoms with van der Waals surface area (Å²) in [5.74, 6) is 0.780. The zero-order valence-electron chi connectivity index (χ0n) is 10.5. The van der Waals surface area contributed by atoms with Gasteiger partial charge in [-0.2, -0.15) is 0 Å². The molecule has 0 aliphatic carbocycles. The maximum Gasteiger partial charge on any atom is 0.0725 e. The Bertz CT molecular complexity index is 127. The van der Waals surface area contributed by atoms with Crippen molar-refractivity contribution >= 4 is 0 Å². The van der Waals surface area contributed by atoms with Gasteiger partial charge in [0, 0.05) is 12.6 Å². The molecule has 0 aromatic rings. The number of nitrogens with one attached hydrogen (secondary N) is 1.